The fourth-order valence-corrected chi connectivity index (χ4v) is 3.12. The lowest BCUT2D eigenvalue weighted by Crippen LogP contribution is -2.11. The average Bonchev–Trinajstić information content (AvgIpc) is 3.08. The maximum Gasteiger partial charge on any atom is 0.303 e. The van der Waals surface area contributed by atoms with Crippen molar-refractivity contribution in [3.8, 4) is 0 Å². The first-order valence-corrected chi connectivity index (χ1v) is 8.20. The quantitative estimate of drug-likeness (QED) is 0.900. The lowest BCUT2D eigenvalue weighted by molar-refractivity contribution is -0.137. The van der Waals surface area contributed by atoms with Crippen LogP contribution in [0.5, 0.6) is 0 Å². The van der Waals surface area contributed by atoms with Gasteiger partial charge < -0.3 is 5.11 Å². The number of hydrogen-bond donors (Lipinski definition) is 1. The Morgan fingerprint density at radius 2 is 2.05 bits per heavy atom. The normalized spacial score (nSPS) is 17.2. The second-order valence-electron chi connectivity index (χ2n) is 5.33. The highest BCUT2D eigenvalue weighted by molar-refractivity contribution is 7.90. The zero-order chi connectivity index (χ0) is 14.2. The van der Waals surface area contributed by atoms with E-state index in [1.54, 1.807) is 18.2 Å². The second-order valence-corrected chi connectivity index (χ2v) is 7.35. The third kappa shape index (κ3) is 3.35. The Bertz CT molecular complexity index is 600. The summed E-state index contributed by atoms with van der Waals surface area (Å²) in [5.41, 5.74) is 1.83. The average molecular weight is 282 g/mol. The number of rotatable bonds is 5. The van der Waals surface area contributed by atoms with Crippen molar-refractivity contribution in [2.45, 2.75) is 37.0 Å². The van der Waals surface area contributed by atoms with Crippen LogP contribution < -0.4 is 0 Å². The molecule has 1 aromatic rings. The summed E-state index contributed by atoms with van der Waals surface area (Å²) in [5, 5.41) is 9.02. The van der Waals surface area contributed by atoms with Crippen molar-refractivity contribution in [1.29, 1.82) is 0 Å². The summed E-state index contributed by atoms with van der Waals surface area (Å²) in [6.45, 7) is 1.90. The number of aryl methyl sites for hydroxylation is 1. The van der Waals surface area contributed by atoms with Gasteiger partial charge in [0, 0.05) is 6.26 Å². The van der Waals surface area contributed by atoms with Gasteiger partial charge in [-0.1, -0.05) is 6.07 Å². The maximum absolute atomic E-state index is 11.6. The van der Waals surface area contributed by atoms with E-state index in [4.69, 9.17) is 5.11 Å². The Balaban J connectivity index is 2.43. The van der Waals surface area contributed by atoms with Gasteiger partial charge >= 0.3 is 5.97 Å². The van der Waals surface area contributed by atoms with Gasteiger partial charge in [-0.2, -0.15) is 0 Å². The van der Waals surface area contributed by atoms with Crippen molar-refractivity contribution in [3.05, 3.63) is 29.3 Å². The molecular weight excluding hydrogens is 264 g/mol. The summed E-state index contributed by atoms with van der Waals surface area (Å²) in [6.07, 6.45) is 3.30. The van der Waals surface area contributed by atoms with Crippen LogP contribution in [0.15, 0.2) is 23.1 Å². The minimum absolute atomic E-state index is 0.0682. The van der Waals surface area contributed by atoms with E-state index in [2.05, 4.69) is 0 Å². The number of carbonyl (C=O) groups is 1. The standard InChI is InChI=1S/C14H18O4S/c1-9-3-6-11(19(2,17)18)7-12(9)13(8-14(15)16)10-4-5-10/h3,6-7,10,13H,4-5,8H2,1-2H3,(H,15,16). The summed E-state index contributed by atoms with van der Waals surface area (Å²) >= 11 is 0. The number of aliphatic carboxylic acids is 1. The molecular formula is C14H18O4S. The first kappa shape index (κ1) is 14.1. The lowest BCUT2D eigenvalue weighted by atomic mass is 9.88. The van der Waals surface area contributed by atoms with Crippen LogP contribution in [-0.4, -0.2) is 25.7 Å². The lowest BCUT2D eigenvalue weighted by Gasteiger charge is -2.18. The van der Waals surface area contributed by atoms with Crippen molar-refractivity contribution in [2.75, 3.05) is 6.26 Å². The third-order valence-electron chi connectivity index (χ3n) is 3.66. The van der Waals surface area contributed by atoms with E-state index in [-0.39, 0.29) is 17.2 Å². The highest BCUT2D eigenvalue weighted by Gasteiger charge is 2.34. The van der Waals surface area contributed by atoms with Gasteiger partial charge in [-0.25, -0.2) is 8.42 Å². The summed E-state index contributed by atoms with van der Waals surface area (Å²) < 4.78 is 23.2. The fourth-order valence-electron chi connectivity index (χ4n) is 2.47. The topological polar surface area (TPSA) is 71.4 Å². The number of carboxylic acid groups (broad SMARTS) is 1. The van der Waals surface area contributed by atoms with E-state index >= 15 is 0 Å². The van der Waals surface area contributed by atoms with Gasteiger partial charge in [0.1, 0.15) is 0 Å². The summed E-state index contributed by atoms with van der Waals surface area (Å²) in [4.78, 5) is 11.3. The maximum atomic E-state index is 11.6. The van der Waals surface area contributed by atoms with Crippen molar-refractivity contribution < 1.29 is 18.3 Å². The van der Waals surface area contributed by atoms with Crippen molar-refractivity contribution >= 4 is 15.8 Å². The minimum atomic E-state index is -3.26. The van der Waals surface area contributed by atoms with Crippen LogP contribution in [-0.2, 0) is 14.6 Å². The Labute approximate surface area is 113 Å². The predicted molar refractivity (Wildman–Crippen MR) is 72.0 cm³/mol. The van der Waals surface area contributed by atoms with Gasteiger partial charge in [0.2, 0.25) is 0 Å². The zero-order valence-corrected chi connectivity index (χ0v) is 11.9. The monoisotopic (exact) mass is 282 g/mol. The van der Waals surface area contributed by atoms with Gasteiger partial charge in [-0.15, -0.1) is 0 Å². The van der Waals surface area contributed by atoms with Crippen LogP contribution in [0.1, 0.15) is 36.3 Å². The molecule has 1 fully saturated rings. The third-order valence-corrected chi connectivity index (χ3v) is 4.77. The van der Waals surface area contributed by atoms with E-state index in [0.717, 1.165) is 24.0 Å². The van der Waals surface area contributed by atoms with E-state index in [9.17, 15) is 13.2 Å². The molecule has 0 heterocycles. The molecule has 1 atom stereocenters. The van der Waals surface area contributed by atoms with Crippen molar-refractivity contribution in [3.63, 3.8) is 0 Å². The highest BCUT2D eigenvalue weighted by atomic mass is 32.2. The van der Waals surface area contributed by atoms with E-state index < -0.39 is 15.8 Å². The molecule has 0 bridgehead atoms. The van der Waals surface area contributed by atoms with Crippen LogP contribution in [0, 0.1) is 12.8 Å². The molecule has 0 saturated heterocycles. The largest absolute Gasteiger partial charge is 0.481 e. The van der Waals surface area contributed by atoms with Crippen LogP contribution in [0.25, 0.3) is 0 Å². The molecule has 19 heavy (non-hydrogen) atoms. The summed E-state index contributed by atoms with van der Waals surface area (Å²) in [6, 6.07) is 5.00. The number of hydrogen-bond acceptors (Lipinski definition) is 3. The molecule has 1 saturated carbocycles. The molecule has 1 aliphatic rings. The highest BCUT2D eigenvalue weighted by Crippen LogP contribution is 2.45. The Hall–Kier alpha value is -1.36. The molecule has 2 rings (SSSR count). The Morgan fingerprint density at radius 1 is 1.42 bits per heavy atom. The van der Waals surface area contributed by atoms with Crippen LogP contribution in [0.2, 0.25) is 0 Å². The summed E-state index contributed by atoms with van der Waals surface area (Å²) in [5.74, 6) is -0.523. The molecule has 104 valence electrons. The molecule has 0 aromatic heterocycles. The van der Waals surface area contributed by atoms with E-state index in [0.29, 0.717) is 5.92 Å². The van der Waals surface area contributed by atoms with E-state index in [1.165, 1.54) is 6.26 Å². The molecule has 1 N–H and O–H groups in total. The number of carboxylic acids is 1. The molecule has 1 aliphatic carbocycles. The molecule has 5 heteroatoms. The first-order chi connectivity index (χ1) is 8.79. The zero-order valence-electron chi connectivity index (χ0n) is 11.1. The van der Waals surface area contributed by atoms with Crippen molar-refractivity contribution in [1.82, 2.24) is 0 Å². The molecule has 0 amide bonds. The molecule has 0 radical (unpaired) electrons. The van der Waals surface area contributed by atoms with Gasteiger partial charge in [-0.3, -0.25) is 4.79 Å². The van der Waals surface area contributed by atoms with Gasteiger partial charge in [-0.05, 0) is 54.9 Å². The van der Waals surface area contributed by atoms with Gasteiger partial charge in [0.15, 0.2) is 9.84 Å². The fraction of sp³-hybridized carbons (Fsp3) is 0.500. The molecule has 1 unspecified atom stereocenters. The SMILES string of the molecule is Cc1ccc(S(C)(=O)=O)cc1C(CC(=O)O)C1CC1. The van der Waals surface area contributed by atoms with Crippen molar-refractivity contribution in [2.24, 2.45) is 5.92 Å². The molecule has 1 aromatic carbocycles. The van der Waals surface area contributed by atoms with E-state index in [1.807, 2.05) is 6.92 Å². The van der Waals surface area contributed by atoms with Crippen LogP contribution >= 0.6 is 0 Å². The molecule has 0 aliphatic heterocycles. The molecule has 0 spiro atoms. The Kier molecular flexibility index (Phi) is 3.67. The van der Waals surface area contributed by atoms with Gasteiger partial charge in [0.05, 0.1) is 11.3 Å². The smallest absolute Gasteiger partial charge is 0.303 e. The molecule has 4 nitrogen and oxygen atoms in total. The predicted octanol–water partition coefficient (Wildman–Crippen LogP) is 2.37. The second kappa shape index (κ2) is 4.96. The van der Waals surface area contributed by atoms with Gasteiger partial charge in [0.25, 0.3) is 0 Å². The Morgan fingerprint density at radius 3 is 2.53 bits per heavy atom. The first-order valence-electron chi connectivity index (χ1n) is 6.31. The van der Waals surface area contributed by atoms with Crippen LogP contribution in [0.3, 0.4) is 0 Å². The number of benzene rings is 1. The van der Waals surface area contributed by atoms with Crippen LogP contribution in [0.4, 0.5) is 0 Å². The number of sulfone groups is 1. The summed E-state index contributed by atoms with van der Waals surface area (Å²) in [7, 11) is -3.26. The minimum Gasteiger partial charge on any atom is -0.481 e.